The van der Waals surface area contributed by atoms with Gasteiger partial charge in [0.05, 0.1) is 15.6 Å². The number of hydrogen-bond donors (Lipinski definition) is 1. The predicted molar refractivity (Wildman–Crippen MR) is 114 cm³/mol. The molecule has 0 spiro atoms. The zero-order valence-electron chi connectivity index (χ0n) is 16.1. The molecule has 0 saturated carbocycles. The summed E-state index contributed by atoms with van der Waals surface area (Å²) in [5, 5.41) is 11.0. The summed E-state index contributed by atoms with van der Waals surface area (Å²) in [6, 6.07) is 11.9. The molecule has 0 fully saturated rings. The summed E-state index contributed by atoms with van der Waals surface area (Å²) in [5.41, 5.74) is 5.42. The number of benzene rings is 3. The van der Waals surface area contributed by atoms with E-state index in [0.717, 1.165) is 22.3 Å². The van der Waals surface area contributed by atoms with Crippen LogP contribution in [0.5, 0.6) is 11.5 Å². The lowest BCUT2D eigenvalue weighted by Gasteiger charge is -2.19. The van der Waals surface area contributed by atoms with Crippen molar-refractivity contribution >= 4 is 29.2 Å². The van der Waals surface area contributed by atoms with Gasteiger partial charge in [0.25, 0.3) is 0 Å². The Balaban J connectivity index is 2.17. The Hall–Kier alpha value is -2.49. The van der Waals surface area contributed by atoms with Crippen LogP contribution in [0.4, 0.5) is 0 Å². The van der Waals surface area contributed by atoms with Gasteiger partial charge in [0.1, 0.15) is 11.5 Å². The number of carbonyl (C=O) groups excluding carboxylic acids is 1. The number of phenolic OH excluding ortho intramolecular Hbond substituents is 1. The van der Waals surface area contributed by atoms with E-state index in [1.165, 1.54) is 0 Å². The van der Waals surface area contributed by atoms with Crippen molar-refractivity contribution in [2.75, 3.05) is 0 Å². The molecule has 3 aromatic carbocycles. The summed E-state index contributed by atoms with van der Waals surface area (Å²) in [4.78, 5) is 12.8. The lowest BCUT2D eigenvalue weighted by Crippen LogP contribution is -2.11. The molecule has 0 bridgehead atoms. The molecule has 28 heavy (non-hydrogen) atoms. The molecule has 0 radical (unpaired) electrons. The maximum absolute atomic E-state index is 12.8. The van der Waals surface area contributed by atoms with Gasteiger partial charge in [-0.3, -0.25) is 0 Å². The highest BCUT2D eigenvalue weighted by atomic mass is 35.5. The molecule has 0 aromatic heterocycles. The van der Waals surface area contributed by atoms with E-state index in [9.17, 15) is 9.90 Å². The Bertz CT molecular complexity index is 1090. The van der Waals surface area contributed by atoms with E-state index in [1.807, 2.05) is 39.8 Å². The van der Waals surface area contributed by atoms with E-state index < -0.39 is 5.97 Å². The quantitative estimate of drug-likeness (QED) is 0.377. The Morgan fingerprint density at radius 2 is 1.46 bits per heavy atom. The first kappa shape index (κ1) is 20.2. The lowest BCUT2D eigenvalue weighted by atomic mass is 9.90. The molecule has 0 aliphatic rings. The van der Waals surface area contributed by atoms with Crippen LogP contribution in [-0.4, -0.2) is 11.1 Å². The number of halogens is 2. The van der Waals surface area contributed by atoms with Crippen LogP contribution in [-0.2, 0) is 0 Å². The summed E-state index contributed by atoms with van der Waals surface area (Å²) in [6.07, 6.45) is 0. The number of ether oxygens (including phenoxy) is 1. The minimum absolute atomic E-state index is 0.134. The average molecular weight is 415 g/mol. The van der Waals surface area contributed by atoms with Crippen LogP contribution in [0.3, 0.4) is 0 Å². The first-order valence-electron chi connectivity index (χ1n) is 8.78. The topological polar surface area (TPSA) is 46.5 Å². The van der Waals surface area contributed by atoms with Crippen LogP contribution in [0.25, 0.3) is 11.1 Å². The molecule has 0 unspecified atom stereocenters. The SMILES string of the molecule is Cc1ccc(O)c(-c2c(OC(=O)c3cccc(Cl)c3Cl)ccc(C)c2C)c1C. The summed E-state index contributed by atoms with van der Waals surface area (Å²) in [7, 11) is 0. The molecule has 1 N–H and O–H groups in total. The van der Waals surface area contributed by atoms with Crippen molar-refractivity contribution in [2.45, 2.75) is 27.7 Å². The van der Waals surface area contributed by atoms with Crippen molar-refractivity contribution in [2.24, 2.45) is 0 Å². The molecule has 0 atom stereocenters. The monoisotopic (exact) mass is 414 g/mol. The first-order chi connectivity index (χ1) is 13.2. The molecule has 0 heterocycles. The predicted octanol–water partition coefficient (Wildman–Crippen LogP) is 6.82. The second kappa shape index (κ2) is 7.86. The molecule has 0 aliphatic carbocycles. The summed E-state index contributed by atoms with van der Waals surface area (Å²) in [6.45, 7) is 7.82. The van der Waals surface area contributed by atoms with Crippen LogP contribution < -0.4 is 4.74 Å². The molecule has 3 aromatic rings. The minimum Gasteiger partial charge on any atom is -0.507 e. The fourth-order valence-corrected chi connectivity index (χ4v) is 3.50. The van der Waals surface area contributed by atoms with Crippen LogP contribution in [0, 0.1) is 27.7 Å². The number of aryl methyl sites for hydroxylation is 2. The third-order valence-corrected chi connectivity index (χ3v) is 5.85. The van der Waals surface area contributed by atoms with Gasteiger partial charge in [-0.1, -0.05) is 41.4 Å². The van der Waals surface area contributed by atoms with Gasteiger partial charge in [-0.2, -0.15) is 0 Å². The highest BCUT2D eigenvalue weighted by molar-refractivity contribution is 6.43. The molecule has 144 valence electrons. The average Bonchev–Trinajstić information content (AvgIpc) is 2.66. The van der Waals surface area contributed by atoms with E-state index in [1.54, 1.807) is 30.3 Å². The molecule has 0 saturated heterocycles. The summed E-state index contributed by atoms with van der Waals surface area (Å²) < 4.78 is 5.71. The molecular formula is C23H20Cl2O3. The molecule has 5 heteroatoms. The largest absolute Gasteiger partial charge is 0.507 e. The van der Waals surface area contributed by atoms with Crippen LogP contribution in [0.1, 0.15) is 32.6 Å². The van der Waals surface area contributed by atoms with Gasteiger partial charge in [0, 0.05) is 11.1 Å². The Labute approximate surface area is 174 Å². The number of esters is 1. The van der Waals surface area contributed by atoms with Crippen LogP contribution >= 0.6 is 23.2 Å². The smallest absolute Gasteiger partial charge is 0.345 e. The third kappa shape index (κ3) is 3.60. The van der Waals surface area contributed by atoms with Crippen molar-refractivity contribution < 1.29 is 14.6 Å². The maximum Gasteiger partial charge on any atom is 0.345 e. The molecule has 0 amide bonds. The standard InChI is InChI=1S/C23H20Cl2O3/c1-12-8-10-18(26)20(14(12)3)21-15(4)13(2)9-11-19(21)28-23(27)16-6-5-7-17(24)22(16)25/h5-11,26H,1-4H3. The fourth-order valence-electron chi connectivity index (χ4n) is 3.12. The van der Waals surface area contributed by atoms with Gasteiger partial charge < -0.3 is 9.84 Å². The van der Waals surface area contributed by atoms with E-state index in [2.05, 4.69) is 0 Å². The number of rotatable bonds is 3. The van der Waals surface area contributed by atoms with Gasteiger partial charge >= 0.3 is 5.97 Å². The summed E-state index contributed by atoms with van der Waals surface area (Å²) >= 11 is 12.2. The lowest BCUT2D eigenvalue weighted by molar-refractivity contribution is 0.0735. The highest BCUT2D eigenvalue weighted by Crippen LogP contribution is 2.43. The van der Waals surface area contributed by atoms with Gasteiger partial charge in [0.2, 0.25) is 0 Å². The second-order valence-corrected chi connectivity index (χ2v) is 7.56. The van der Waals surface area contributed by atoms with Crippen molar-refractivity contribution in [3.63, 3.8) is 0 Å². The third-order valence-electron chi connectivity index (χ3n) is 5.04. The number of aromatic hydroxyl groups is 1. The van der Waals surface area contributed by atoms with Crippen molar-refractivity contribution in [3.05, 3.63) is 80.3 Å². The van der Waals surface area contributed by atoms with Gasteiger partial charge in [-0.05, 0) is 74.2 Å². The molecular weight excluding hydrogens is 395 g/mol. The van der Waals surface area contributed by atoms with Gasteiger partial charge in [-0.15, -0.1) is 0 Å². The molecule has 3 rings (SSSR count). The second-order valence-electron chi connectivity index (χ2n) is 6.77. The van der Waals surface area contributed by atoms with Crippen molar-refractivity contribution in [1.29, 1.82) is 0 Å². The Kier molecular flexibility index (Phi) is 5.69. The zero-order valence-corrected chi connectivity index (χ0v) is 17.6. The van der Waals surface area contributed by atoms with E-state index in [4.69, 9.17) is 27.9 Å². The normalized spacial score (nSPS) is 10.8. The number of carbonyl (C=O) groups is 1. The Morgan fingerprint density at radius 1 is 0.857 bits per heavy atom. The Morgan fingerprint density at radius 3 is 2.14 bits per heavy atom. The highest BCUT2D eigenvalue weighted by Gasteiger charge is 2.22. The maximum atomic E-state index is 12.8. The van der Waals surface area contributed by atoms with Crippen LogP contribution in [0.2, 0.25) is 10.0 Å². The van der Waals surface area contributed by atoms with Crippen LogP contribution in [0.15, 0.2) is 42.5 Å². The van der Waals surface area contributed by atoms with E-state index >= 15 is 0 Å². The molecule has 3 nitrogen and oxygen atoms in total. The van der Waals surface area contributed by atoms with Crippen molar-refractivity contribution in [1.82, 2.24) is 0 Å². The van der Waals surface area contributed by atoms with Gasteiger partial charge in [0.15, 0.2) is 0 Å². The van der Waals surface area contributed by atoms with E-state index in [-0.39, 0.29) is 21.4 Å². The molecule has 0 aliphatic heterocycles. The first-order valence-corrected chi connectivity index (χ1v) is 9.54. The van der Waals surface area contributed by atoms with Crippen molar-refractivity contribution in [3.8, 4) is 22.6 Å². The minimum atomic E-state index is -0.609. The summed E-state index contributed by atoms with van der Waals surface area (Å²) in [5.74, 6) is -0.121. The zero-order chi connectivity index (χ0) is 20.6. The number of phenols is 1. The van der Waals surface area contributed by atoms with E-state index in [0.29, 0.717) is 16.9 Å². The fraction of sp³-hybridized carbons (Fsp3) is 0.174. The van der Waals surface area contributed by atoms with Gasteiger partial charge in [-0.25, -0.2) is 4.79 Å². The number of hydrogen-bond acceptors (Lipinski definition) is 3.